The van der Waals surface area contributed by atoms with Crippen LogP contribution < -0.4 is 9.47 Å². The maximum atomic E-state index is 10.8. The molecule has 0 heterocycles. The van der Waals surface area contributed by atoms with Gasteiger partial charge in [0.05, 0.1) is 0 Å². The van der Waals surface area contributed by atoms with Crippen molar-refractivity contribution in [2.45, 2.75) is 46.0 Å². The number of carboxylic acids is 1. The van der Waals surface area contributed by atoms with Crippen LogP contribution in [0.2, 0.25) is 5.02 Å². The molecule has 146 valence electrons. The molecule has 0 spiro atoms. The monoisotopic (exact) mass is 390 g/mol. The quantitative estimate of drug-likeness (QED) is 0.611. The zero-order valence-electron chi connectivity index (χ0n) is 16.3. The molecule has 2 rings (SSSR count). The number of hydrogen-bond acceptors (Lipinski definition) is 3. The van der Waals surface area contributed by atoms with Crippen LogP contribution >= 0.6 is 11.6 Å². The Hall–Kier alpha value is -2.20. The number of aryl methyl sites for hydroxylation is 2. The summed E-state index contributed by atoms with van der Waals surface area (Å²) in [7, 11) is 0. The van der Waals surface area contributed by atoms with Gasteiger partial charge in [-0.1, -0.05) is 50.6 Å². The molecule has 0 saturated carbocycles. The molecular formula is C22H27ClO4. The van der Waals surface area contributed by atoms with E-state index in [0.29, 0.717) is 30.4 Å². The van der Waals surface area contributed by atoms with Crippen LogP contribution in [0.3, 0.4) is 0 Å². The Balaban J connectivity index is 2.01. The summed E-state index contributed by atoms with van der Waals surface area (Å²) >= 11 is 6.02. The molecule has 0 saturated heterocycles. The maximum Gasteiger partial charge on any atom is 0.303 e. The van der Waals surface area contributed by atoms with Crippen LogP contribution in [0.15, 0.2) is 36.4 Å². The number of hydrogen-bond donors (Lipinski definition) is 1. The molecule has 0 bridgehead atoms. The molecular weight excluding hydrogens is 364 g/mol. The average Bonchev–Trinajstić information content (AvgIpc) is 2.58. The highest BCUT2D eigenvalue weighted by Crippen LogP contribution is 2.33. The maximum absolute atomic E-state index is 10.8. The predicted octanol–water partition coefficient (Wildman–Crippen LogP) is 5.42. The van der Waals surface area contributed by atoms with Crippen LogP contribution in [0.25, 0.3) is 0 Å². The van der Waals surface area contributed by atoms with Gasteiger partial charge >= 0.3 is 5.97 Å². The Morgan fingerprint density at radius 3 is 2.48 bits per heavy atom. The molecule has 0 aromatic heterocycles. The van der Waals surface area contributed by atoms with Gasteiger partial charge in [-0.15, -0.1) is 0 Å². The summed E-state index contributed by atoms with van der Waals surface area (Å²) in [6.45, 7) is 9.28. The normalized spacial score (nSPS) is 11.3. The number of aliphatic carboxylic acids is 1. The minimum absolute atomic E-state index is 0.0115. The number of para-hydroxylation sites is 1. The van der Waals surface area contributed by atoms with E-state index in [1.807, 2.05) is 19.1 Å². The summed E-state index contributed by atoms with van der Waals surface area (Å²) in [5.74, 6) is 0.694. The van der Waals surface area contributed by atoms with E-state index in [0.717, 1.165) is 22.4 Å². The summed E-state index contributed by atoms with van der Waals surface area (Å²) in [4.78, 5) is 10.8. The third-order valence-corrected chi connectivity index (χ3v) is 4.47. The van der Waals surface area contributed by atoms with Crippen molar-refractivity contribution in [1.82, 2.24) is 0 Å². The molecule has 4 nitrogen and oxygen atoms in total. The number of rotatable bonds is 8. The van der Waals surface area contributed by atoms with Gasteiger partial charge < -0.3 is 14.6 Å². The van der Waals surface area contributed by atoms with Crippen LogP contribution in [-0.4, -0.2) is 24.3 Å². The first-order chi connectivity index (χ1) is 12.7. The third-order valence-electron chi connectivity index (χ3n) is 4.24. The fourth-order valence-corrected chi connectivity index (χ4v) is 3.05. The highest BCUT2D eigenvalue weighted by atomic mass is 35.5. The fourth-order valence-electron chi connectivity index (χ4n) is 2.86. The standard InChI is InChI=1S/C22H27ClO4/c1-15-6-5-7-18(22(2,3)4)21(15)27-13-12-26-19-10-9-17(23)14-16(19)8-11-20(24)25/h5-7,9-10,14H,8,11-13H2,1-4H3,(H,24,25). The van der Waals surface area contributed by atoms with Crippen molar-refractivity contribution in [3.63, 3.8) is 0 Å². The molecule has 0 atom stereocenters. The van der Waals surface area contributed by atoms with Gasteiger partial charge in [0.1, 0.15) is 24.7 Å². The highest BCUT2D eigenvalue weighted by Gasteiger charge is 2.20. The van der Waals surface area contributed by atoms with Crippen molar-refractivity contribution >= 4 is 17.6 Å². The number of halogens is 1. The topological polar surface area (TPSA) is 55.8 Å². The first kappa shape index (κ1) is 21.1. The lowest BCUT2D eigenvalue weighted by Gasteiger charge is -2.24. The summed E-state index contributed by atoms with van der Waals surface area (Å²) in [5.41, 5.74) is 3.03. The lowest BCUT2D eigenvalue weighted by molar-refractivity contribution is -0.136. The van der Waals surface area contributed by atoms with E-state index in [1.54, 1.807) is 18.2 Å². The fraction of sp³-hybridized carbons (Fsp3) is 0.409. The van der Waals surface area contributed by atoms with Crippen LogP contribution in [0, 0.1) is 6.92 Å². The number of carbonyl (C=O) groups is 1. The highest BCUT2D eigenvalue weighted by molar-refractivity contribution is 6.30. The molecule has 0 aliphatic rings. The Kier molecular flexibility index (Phi) is 7.14. The molecule has 0 fully saturated rings. The molecule has 5 heteroatoms. The third kappa shape index (κ3) is 6.17. The molecule has 0 amide bonds. The summed E-state index contributed by atoms with van der Waals surface area (Å²) < 4.78 is 11.9. The minimum atomic E-state index is -0.849. The second kappa shape index (κ2) is 9.14. The van der Waals surface area contributed by atoms with E-state index in [-0.39, 0.29) is 11.8 Å². The van der Waals surface area contributed by atoms with E-state index < -0.39 is 5.97 Å². The zero-order chi connectivity index (χ0) is 20.0. The van der Waals surface area contributed by atoms with Crippen LogP contribution in [0.5, 0.6) is 11.5 Å². The molecule has 0 aliphatic carbocycles. The van der Waals surface area contributed by atoms with Gasteiger partial charge in [0.25, 0.3) is 0 Å². The number of ether oxygens (including phenoxy) is 2. The largest absolute Gasteiger partial charge is 0.490 e. The zero-order valence-corrected chi connectivity index (χ0v) is 17.1. The first-order valence-corrected chi connectivity index (χ1v) is 9.42. The van der Waals surface area contributed by atoms with Gasteiger partial charge in [0, 0.05) is 11.4 Å². The molecule has 0 aliphatic heterocycles. The van der Waals surface area contributed by atoms with Crippen molar-refractivity contribution in [2.75, 3.05) is 13.2 Å². The molecule has 2 aromatic rings. The Morgan fingerprint density at radius 2 is 1.81 bits per heavy atom. The van der Waals surface area contributed by atoms with E-state index in [9.17, 15) is 4.79 Å². The average molecular weight is 391 g/mol. The van der Waals surface area contributed by atoms with E-state index >= 15 is 0 Å². The SMILES string of the molecule is Cc1cccc(C(C)(C)C)c1OCCOc1ccc(Cl)cc1CCC(=O)O. The van der Waals surface area contributed by atoms with Gasteiger partial charge in [-0.2, -0.15) is 0 Å². The van der Waals surface area contributed by atoms with Gasteiger partial charge in [0.15, 0.2) is 0 Å². The van der Waals surface area contributed by atoms with Gasteiger partial charge in [-0.05, 0) is 53.6 Å². The Labute approximate surface area is 166 Å². The second-order valence-electron chi connectivity index (χ2n) is 7.54. The number of benzene rings is 2. The van der Waals surface area contributed by atoms with Crippen LogP contribution in [0.4, 0.5) is 0 Å². The number of carboxylic acid groups (broad SMARTS) is 1. The van der Waals surface area contributed by atoms with E-state index in [4.69, 9.17) is 26.2 Å². The summed E-state index contributed by atoms with van der Waals surface area (Å²) in [6, 6.07) is 11.4. The minimum Gasteiger partial charge on any atom is -0.490 e. The van der Waals surface area contributed by atoms with Crippen LogP contribution in [0.1, 0.15) is 43.9 Å². The van der Waals surface area contributed by atoms with E-state index in [2.05, 4.69) is 26.8 Å². The summed E-state index contributed by atoms with van der Waals surface area (Å²) in [6.07, 6.45) is 0.406. The molecule has 27 heavy (non-hydrogen) atoms. The lowest BCUT2D eigenvalue weighted by Crippen LogP contribution is -2.17. The first-order valence-electron chi connectivity index (χ1n) is 9.04. The van der Waals surface area contributed by atoms with Crippen molar-refractivity contribution in [3.8, 4) is 11.5 Å². The summed E-state index contributed by atoms with van der Waals surface area (Å²) in [5, 5.41) is 9.46. The molecule has 0 radical (unpaired) electrons. The second-order valence-corrected chi connectivity index (χ2v) is 7.98. The lowest BCUT2D eigenvalue weighted by atomic mass is 9.85. The van der Waals surface area contributed by atoms with Gasteiger partial charge in [-0.25, -0.2) is 0 Å². The predicted molar refractivity (Wildman–Crippen MR) is 108 cm³/mol. The van der Waals surface area contributed by atoms with Crippen LogP contribution in [-0.2, 0) is 16.6 Å². The van der Waals surface area contributed by atoms with Crippen molar-refractivity contribution < 1.29 is 19.4 Å². The van der Waals surface area contributed by atoms with Gasteiger partial charge in [-0.3, -0.25) is 4.79 Å². The van der Waals surface area contributed by atoms with E-state index in [1.165, 1.54) is 0 Å². The molecule has 1 N–H and O–H groups in total. The van der Waals surface area contributed by atoms with Gasteiger partial charge in [0.2, 0.25) is 0 Å². The molecule has 2 aromatic carbocycles. The van der Waals surface area contributed by atoms with Crippen molar-refractivity contribution in [1.29, 1.82) is 0 Å². The van der Waals surface area contributed by atoms with Crippen molar-refractivity contribution in [3.05, 3.63) is 58.1 Å². The Morgan fingerprint density at radius 1 is 1.11 bits per heavy atom. The van der Waals surface area contributed by atoms with Crippen molar-refractivity contribution in [2.24, 2.45) is 0 Å². The molecule has 0 unspecified atom stereocenters. The smallest absolute Gasteiger partial charge is 0.303 e. The Bertz CT molecular complexity index is 793.